The third-order valence-electron chi connectivity index (χ3n) is 3.42. The summed E-state index contributed by atoms with van der Waals surface area (Å²) in [7, 11) is 0. The smallest absolute Gasteiger partial charge is 0.410 e. The first-order valence-electron chi connectivity index (χ1n) is 9.28. The highest BCUT2D eigenvalue weighted by Gasteiger charge is 2.18. The van der Waals surface area contributed by atoms with Gasteiger partial charge in [-0.25, -0.2) is 19.2 Å². The summed E-state index contributed by atoms with van der Waals surface area (Å²) in [5.41, 5.74) is 0. The Labute approximate surface area is 170 Å². The summed E-state index contributed by atoms with van der Waals surface area (Å²) >= 11 is 0. The van der Waals surface area contributed by atoms with Crippen LogP contribution in [-0.4, -0.2) is 74.6 Å². The lowest BCUT2D eigenvalue weighted by molar-refractivity contribution is -0.139. The number of nitrogens with one attached hydrogen (secondary N) is 1. The van der Waals surface area contributed by atoms with Crippen molar-refractivity contribution in [2.75, 3.05) is 39.5 Å². The van der Waals surface area contributed by atoms with E-state index in [2.05, 4.69) is 18.5 Å². The lowest BCUT2D eigenvalue weighted by Crippen LogP contribution is -2.38. The average molecular weight is 414 g/mol. The van der Waals surface area contributed by atoms with Crippen LogP contribution in [0.4, 0.5) is 9.59 Å². The predicted octanol–water partition coefficient (Wildman–Crippen LogP) is 1.80. The fraction of sp³-hybridized carbons (Fsp3) is 0.579. The van der Waals surface area contributed by atoms with Crippen LogP contribution in [0.2, 0.25) is 0 Å². The minimum Gasteiger partial charge on any atom is -0.462 e. The number of carbonyl (C=O) groups excluding carboxylic acids is 4. The van der Waals surface area contributed by atoms with Gasteiger partial charge >= 0.3 is 24.1 Å². The van der Waals surface area contributed by atoms with Crippen LogP contribution in [0.25, 0.3) is 0 Å². The molecule has 0 saturated carbocycles. The maximum Gasteiger partial charge on any atom is 0.410 e. The van der Waals surface area contributed by atoms with Crippen LogP contribution >= 0.6 is 0 Å². The van der Waals surface area contributed by atoms with Crippen molar-refractivity contribution in [3.05, 3.63) is 25.3 Å². The molecule has 0 aliphatic rings. The maximum atomic E-state index is 12.4. The summed E-state index contributed by atoms with van der Waals surface area (Å²) in [6.45, 7) is 10.9. The summed E-state index contributed by atoms with van der Waals surface area (Å²) in [5.74, 6) is -1.15. The van der Waals surface area contributed by atoms with Crippen LogP contribution in [0.15, 0.2) is 25.3 Å². The van der Waals surface area contributed by atoms with Crippen molar-refractivity contribution in [1.29, 1.82) is 0 Å². The predicted molar refractivity (Wildman–Crippen MR) is 104 cm³/mol. The largest absolute Gasteiger partial charge is 0.462 e. The molecule has 0 bridgehead atoms. The summed E-state index contributed by atoms with van der Waals surface area (Å²) < 4.78 is 19.8. The van der Waals surface area contributed by atoms with Gasteiger partial charge in [-0.15, -0.1) is 0 Å². The fourth-order valence-corrected chi connectivity index (χ4v) is 1.94. The van der Waals surface area contributed by atoms with Gasteiger partial charge in [0.15, 0.2) is 0 Å². The molecular weight excluding hydrogens is 384 g/mol. The normalized spacial score (nSPS) is 10.8. The van der Waals surface area contributed by atoms with E-state index >= 15 is 0 Å². The Morgan fingerprint density at radius 2 is 1.62 bits per heavy atom. The molecular formula is C19H30N2O8. The van der Waals surface area contributed by atoms with Crippen LogP contribution in [0.1, 0.15) is 26.7 Å². The number of hydrogen-bond acceptors (Lipinski definition) is 8. The third-order valence-corrected chi connectivity index (χ3v) is 3.42. The number of nitrogens with zero attached hydrogens (tertiary/aromatic N) is 1. The second-order valence-electron chi connectivity index (χ2n) is 5.71. The van der Waals surface area contributed by atoms with Gasteiger partial charge in [-0.1, -0.05) is 13.2 Å². The van der Waals surface area contributed by atoms with E-state index in [-0.39, 0.29) is 32.9 Å². The molecule has 0 aromatic rings. The molecule has 10 nitrogen and oxygen atoms in total. The van der Waals surface area contributed by atoms with Gasteiger partial charge in [0.25, 0.3) is 0 Å². The number of esters is 2. The second kappa shape index (κ2) is 16.0. The summed E-state index contributed by atoms with van der Waals surface area (Å²) in [6, 6.07) is 0. The Bertz CT molecular complexity index is 564. The minimum atomic E-state index is -0.613. The molecule has 0 spiro atoms. The number of rotatable bonds is 14. The summed E-state index contributed by atoms with van der Waals surface area (Å²) in [6.07, 6.45) is 1.17. The van der Waals surface area contributed by atoms with Gasteiger partial charge in [0, 0.05) is 31.7 Å². The molecule has 10 heteroatoms. The molecule has 2 amide bonds. The van der Waals surface area contributed by atoms with E-state index in [0.29, 0.717) is 19.4 Å². The van der Waals surface area contributed by atoms with E-state index < -0.39 is 30.2 Å². The first-order valence-corrected chi connectivity index (χ1v) is 9.28. The number of alkyl carbamates (subject to hydrolysis) is 1. The number of amides is 2. The van der Waals surface area contributed by atoms with Crippen LogP contribution in [0, 0.1) is 0 Å². The highest BCUT2D eigenvalue weighted by atomic mass is 16.6. The summed E-state index contributed by atoms with van der Waals surface area (Å²) in [4.78, 5) is 47.2. The van der Waals surface area contributed by atoms with Crippen molar-refractivity contribution in [2.45, 2.75) is 32.8 Å². The van der Waals surface area contributed by atoms with Crippen molar-refractivity contribution in [3.63, 3.8) is 0 Å². The van der Waals surface area contributed by atoms with Gasteiger partial charge in [-0.05, 0) is 20.3 Å². The van der Waals surface area contributed by atoms with Gasteiger partial charge in [0.2, 0.25) is 0 Å². The van der Waals surface area contributed by atoms with Crippen LogP contribution < -0.4 is 5.32 Å². The molecule has 0 saturated heterocycles. The van der Waals surface area contributed by atoms with E-state index in [4.69, 9.17) is 18.9 Å². The molecule has 0 aliphatic carbocycles. The molecule has 0 fully saturated rings. The fourth-order valence-electron chi connectivity index (χ4n) is 1.94. The molecule has 0 heterocycles. The first-order chi connectivity index (χ1) is 13.8. The van der Waals surface area contributed by atoms with Crippen molar-refractivity contribution < 1.29 is 38.1 Å². The molecule has 164 valence electrons. The van der Waals surface area contributed by atoms with E-state index in [9.17, 15) is 19.2 Å². The molecule has 1 N–H and O–H groups in total. The van der Waals surface area contributed by atoms with Crippen LogP contribution in [-0.2, 0) is 28.5 Å². The molecule has 0 aromatic heterocycles. The van der Waals surface area contributed by atoms with Crippen molar-refractivity contribution in [2.24, 2.45) is 0 Å². The van der Waals surface area contributed by atoms with Crippen LogP contribution in [0.3, 0.4) is 0 Å². The summed E-state index contributed by atoms with van der Waals surface area (Å²) in [5, 5.41) is 2.55. The first kappa shape index (κ1) is 26.0. The lowest BCUT2D eigenvalue weighted by atomic mass is 10.3. The molecule has 0 aliphatic heterocycles. The molecule has 1 unspecified atom stereocenters. The highest BCUT2D eigenvalue weighted by molar-refractivity contribution is 5.81. The van der Waals surface area contributed by atoms with E-state index in [1.54, 1.807) is 13.8 Å². The van der Waals surface area contributed by atoms with E-state index in [0.717, 1.165) is 12.2 Å². The van der Waals surface area contributed by atoms with Gasteiger partial charge in [-0.2, -0.15) is 0 Å². The Hall–Kier alpha value is -3.04. The molecule has 0 radical (unpaired) electrons. The van der Waals surface area contributed by atoms with Crippen molar-refractivity contribution >= 4 is 24.1 Å². The monoisotopic (exact) mass is 414 g/mol. The zero-order chi connectivity index (χ0) is 22.1. The quantitative estimate of drug-likeness (QED) is 0.198. The Morgan fingerprint density at radius 1 is 1.00 bits per heavy atom. The minimum absolute atomic E-state index is 0.0312. The standard InChI is InChI=1S/C19H30N2O8/c1-5-16(22)27-13-9-15(4)29-19(25)21(12-14-28-17(23)6-2)11-8-10-20-18(24)26-7-3/h5-6,15H,1-2,7-14H2,3-4H3,(H,20,24). The third kappa shape index (κ3) is 13.7. The van der Waals surface area contributed by atoms with E-state index in [1.165, 1.54) is 4.90 Å². The van der Waals surface area contributed by atoms with Gasteiger partial charge in [0.1, 0.15) is 12.7 Å². The Balaban J connectivity index is 4.50. The number of hydrogen-bond donors (Lipinski definition) is 1. The Kier molecular flexibility index (Phi) is 14.3. The van der Waals surface area contributed by atoms with Gasteiger partial charge in [0.05, 0.1) is 19.8 Å². The zero-order valence-electron chi connectivity index (χ0n) is 17.0. The average Bonchev–Trinajstić information content (AvgIpc) is 2.69. The number of carbonyl (C=O) groups is 4. The van der Waals surface area contributed by atoms with Gasteiger partial charge < -0.3 is 29.2 Å². The Morgan fingerprint density at radius 3 is 2.21 bits per heavy atom. The van der Waals surface area contributed by atoms with Crippen LogP contribution in [0.5, 0.6) is 0 Å². The van der Waals surface area contributed by atoms with Crippen molar-refractivity contribution in [1.82, 2.24) is 10.2 Å². The van der Waals surface area contributed by atoms with Gasteiger partial charge in [-0.3, -0.25) is 0 Å². The highest BCUT2D eigenvalue weighted by Crippen LogP contribution is 2.04. The lowest BCUT2D eigenvalue weighted by Gasteiger charge is -2.24. The second-order valence-corrected chi connectivity index (χ2v) is 5.71. The van der Waals surface area contributed by atoms with Crippen molar-refractivity contribution in [3.8, 4) is 0 Å². The molecule has 0 aromatic carbocycles. The number of ether oxygens (including phenoxy) is 4. The SMILES string of the molecule is C=CC(=O)OCCC(C)OC(=O)N(CCCNC(=O)OCC)CCOC(=O)C=C. The van der Waals surface area contributed by atoms with E-state index in [1.807, 2.05) is 0 Å². The molecule has 0 rings (SSSR count). The maximum absolute atomic E-state index is 12.4. The molecule has 29 heavy (non-hydrogen) atoms. The molecule has 1 atom stereocenters. The zero-order valence-corrected chi connectivity index (χ0v) is 17.0. The topological polar surface area (TPSA) is 120 Å².